The molecule has 0 bridgehead atoms. The van der Waals surface area contributed by atoms with Gasteiger partial charge in [-0.25, -0.2) is 4.79 Å². The van der Waals surface area contributed by atoms with Crippen LogP contribution < -0.4 is 5.32 Å². The molecule has 1 aromatic carbocycles. The fraction of sp³-hybridized carbons (Fsp3) is 0.500. The molecule has 1 aromatic rings. The lowest BCUT2D eigenvalue weighted by atomic mass is 10.1. The van der Waals surface area contributed by atoms with Crippen molar-refractivity contribution < 1.29 is 14.6 Å². The fourth-order valence-electron chi connectivity index (χ4n) is 2.61. The highest BCUT2D eigenvalue weighted by atomic mass is 35.5. The number of carbonyl (C=O) groups is 1. The van der Waals surface area contributed by atoms with E-state index in [-0.39, 0.29) is 6.03 Å². The molecule has 0 spiro atoms. The summed E-state index contributed by atoms with van der Waals surface area (Å²) >= 11 is 12.2. The topological polar surface area (TPSA) is 61.8 Å². The van der Waals surface area contributed by atoms with Gasteiger partial charge in [-0.05, 0) is 23.3 Å². The maximum Gasteiger partial charge on any atom is 0.317 e. The number of nitrogens with one attached hydrogen (secondary N) is 1. The van der Waals surface area contributed by atoms with Crippen LogP contribution in [-0.4, -0.2) is 49.5 Å². The Balaban J connectivity index is 2.19. The Bertz CT molecular complexity index is 539. The van der Waals surface area contributed by atoms with E-state index in [1.54, 1.807) is 26.3 Å². The van der Waals surface area contributed by atoms with Crippen LogP contribution in [0.15, 0.2) is 12.1 Å². The second kappa shape index (κ2) is 6.83. The van der Waals surface area contributed by atoms with Crippen molar-refractivity contribution in [2.45, 2.75) is 18.6 Å². The number of halogens is 2. The summed E-state index contributed by atoms with van der Waals surface area (Å²) in [5, 5.41) is 14.0. The van der Waals surface area contributed by atoms with Crippen molar-refractivity contribution in [3.8, 4) is 0 Å². The van der Waals surface area contributed by atoms with Gasteiger partial charge < -0.3 is 20.1 Å². The molecule has 0 aliphatic heterocycles. The van der Waals surface area contributed by atoms with Crippen LogP contribution in [0, 0.1) is 0 Å². The van der Waals surface area contributed by atoms with Crippen LogP contribution in [0.5, 0.6) is 0 Å². The Labute approximate surface area is 133 Å². The van der Waals surface area contributed by atoms with Crippen LogP contribution in [0.4, 0.5) is 4.79 Å². The molecule has 2 amide bonds. The molecule has 0 saturated carbocycles. The summed E-state index contributed by atoms with van der Waals surface area (Å²) in [6.45, 7) is 0.840. The molecule has 0 heterocycles. The van der Waals surface area contributed by atoms with E-state index < -0.39 is 12.1 Å². The molecule has 0 radical (unpaired) electrons. The number of benzene rings is 1. The maximum absolute atomic E-state index is 12.1. The largest absolute Gasteiger partial charge is 0.390 e. The summed E-state index contributed by atoms with van der Waals surface area (Å²) < 4.78 is 4.89. The van der Waals surface area contributed by atoms with Crippen LogP contribution >= 0.6 is 23.2 Å². The maximum atomic E-state index is 12.1. The van der Waals surface area contributed by atoms with Gasteiger partial charge in [-0.1, -0.05) is 23.2 Å². The van der Waals surface area contributed by atoms with Crippen LogP contribution in [0.2, 0.25) is 10.0 Å². The van der Waals surface area contributed by atoms with Crippen LogP contribution in [0.1, 0.15) is 17.2 Å². The zero-order chi connectivity index (χ0) is 15.6. The lowest BCUT2D eigenvalue weighted by molar-refractivity contribution is 0.0884. The summed E-state index contributed by atoms with van der Waals surface area (Å²) in [5.41, 5.74) is 1.64. The van der Waals surface area contributed by atoms with Gasteiger partial charge in [0.15, 0.2) is 0 Å². The molecule has 0 unspecified atom stereocenters. The van der Waals surface area contributed by atoms with Crippen LogP contribution in [0.25, 0.3) is 0 Å². The van der Waals surface area contributed by atoms with Crippen molar-refractivity contribution in [1.82, 2.24) is 10.2 Å². The van der Waals surface area contributed by atoms with Crippen molar-refractivity contribution in [1.29, 1.82) is 0 Å². The summed E-state index contributed by atoms with van der Waals surface area (Å²) in [7, 11) is 3.21. The van der Waals surface area contributed by atoms with Gasteiger partial charge in [0.25, 0.3) is 0 Å². The number of carbonyl (C=O) groups excluding carboxylic acids is 1. The fourth-order valence-corrected chi connectivity index (χ4v) is 3.19. The first-order valence-corrected chi connectivity index (χ1v) is 7.36. The number of hydrogen-bond donors (Lipinski definition) is 2. The molecule has 0 aromatic heterocycles. The average Bonchev–Trinajstić information content (AvgIpc) is 2.74. The third kappa shape index (κ3) is 3.43. The molecule has 0 saturated heterocycles. The minimum atomic E-state index is -0.700. The first-order chi connectivity index (χ1) is 9.95. The van der Waals surface area contributed by atoms with Gasteiger partial charge in [0, 0.05) is 37.2 Å². The number of amides is 2. The quantitative estimate of drug-likeness (QED) is 0.831. The molecular formula is C14H18Cl2N2O3. The third-order valence-electron chi connectivity index (χ3n) is 3.61. The number of hydrogen-bond acceptors (Lipinski definition) is 3. The Morgan fingerprint density at radius 1 is 1.52 bits per heavy atom. The number of likely N-dealkylation sites (N-methyl/N-ethyl adjacent to an activating group) is 1. The summed E-state index contributed by atoms with van der Waals surface area (Å²) in [4.78, 5) is 13.6. The van der Waals surface area contributed by atoms with Gasteiger partial charge in [0.05, 0.1) is 18.8 Å². The molecule has 0 fully saturated rings. The predicted octanol–water partition coefficient (Wildman–Crippen LogP) is 2.24. The SMILES string of the molecule is COCCNC(=O)N(C)[C@H]1c2cc(Cl)cc(Cl)c2C[C@H]1O. The summed E-state index contributed by atoms with van der Waals surface area (Å²) in [6.07, 6.45) is -0.291. The summed E-state index contributed by atoms with van der Waals surface area (Å²) in [5.74, 6) is 0. The van der Waals surface area contributed by atoms with E-state index in [2.05, 4.69) is 5.32 Å². The number of aliphatic hydroxyl groups excluding tert-OH is 1. The van der Waals surface area contributed by atoms with Gasteiger partial charge in [-0.15, -0.1) is 0 Å². The average molecular weight is 333 g/mol. The number of nitrogens with zero attached hydrogens (tertiary/aromatic N) is 1. The Morgan fingerprint density at radius 3 is 2.90 bits per heavy atom. The summed E-state index contributed by atoms with van der Waals surface area (Å²) in [6, 6.07) is 2.66. The highest BCUT2D eigenvalue weighted by molar-refractivity contribution is 6.35. The minimum Gasteiger partial charge on any atom is -0.390 e. The lowest BCUT2D eigenvalue weighted by Crippen LogP contribution is -2.43. The number of ether oxygens (including phenoxy) is 1. The normalized spacial score (nSPS) is 20.2. The van der Waals surface area contributed by atoms with Crippen molar-refractivity contribution >= 4 is 29.2 Å². The Hall–Kier alpha value is -1.01. The minimum absolute atomic E-state index is 0.278. The molecule has 1 aliphatic carbocycles. The van der Waals surface area contributed by atoms with E-state index in [4.69, 9.17) is 27.9 Å². The predicted molar refractivity (Wildman–Crippen MR) is 82.0 cm³/mol. The van der Waals surface area contributed by atoms with E-state index in [9.17, 15) is 9.90 Å². The zero-order valence-corrected chi connectivity index (χ0v) is 13.4. The second-order valence-electron chi connectivity index (χ2n) is 5.01. The molecule has 2 atom stereocenters. The first kappa shape index (κ1) is 16.4. The number of rotatable bonds is 4. The van der Waals surface area contributed by atoms with Gasteiger partial charge in [0.1, 0.15) is 0 Å². The molecule has 21 heavy (non-hydrogen) atoms. The van der Waals surface area contributed by atoms with E-state index in [1.807, 2.05) is 0 Å². The zero-order valence-electron chi connectivity index (χ0n) is 11.9. The smallest absolute Gasteiger partial charge is 0.317 e. The van der Waals surface area contributed by atoms with E-state index in [0.29, 0.717) is 29.6 Å². The number of urea groups is 1. The Kier molecular flexibility index (Phi) is 5.32. The molecule has 5 nitrogen and oxygen atoms in total. The van der Waals surface area contributed by atoms with Gasteiger partial charge in [0.2, 0.25) is 0 Å². The molecule has 1 aliphatic rings. The van der Waals surface area contributed by atoms with Crippen LogP contribution in [-0.2, 0) is 11.2 Å². The second-order valence-corrected chi connectivity index (χ2v) is 5.85. The highest BCUT2D eigenvalue weighted by Crippen LogP contribution is 2.40. The number of fused-ring (bicyclic) bond motifs is 1. The van der Waals surface area contributed by atoms with E-state index in [1.165, 1.54) is 4.90 Å². The monoisotopic (exact) mass is 332 g/mol. The number of aliphatic hydroxyl groups is 1. The van der Waals surface area contributed by atoms with Crippen molar-refractivity contribution in [3.63, 3.8) is 0 Å². The van der Waals surface area contributed by atoms with Crippen molar-refractivity contribution in [2.75, 3.05) is 27.3 Å². The first-order valence-electron chi connectivity index (χ1n) is 6.61. The van der Waals surface area contributed by atoms with Gasteiger partial charge >= 0.3 is 6.03 Å². The standard InChI is InChI=1S/C14H18Cl2N2O3/c1-18(14(20)17-3-4-21-2)13-10-5-8(15)6-11(16)9(10)7-12(13)19/h5-6,12-13,19H,3-4,7H2,1-2H3,(H,17,20)/t12-,13+/m1/s1. The Morgan fingerprint density at radius 2 is 2.24 bits per heavy atom. The molecule has 2 N–H and O–H groups in total. The molecule has 116 valence electrons. The number of methoxy groups -OCH3 is 1. The highest BCUT2D eigenvalue weighted by Gasteiger charge is 2.37. The molecule has 7 heteroatoms. The van der Waals surface area contributed by atoms with Crippen LogP contribution in [0.3, 0.4) is 0 Å². The lowest BCUT2D eigenvalue weighted by Gasteiger charge is -2.28. The van der Waals surface area contributed by atoms with Gasteiger partial charge in [-0.2, -0.15) is 0 Å². The van der Waals surface area contributed by atoms with E-state index in [0.717, 1.165) is 11.1 Å². The third-order valence-corrected chi connectivity index (χ3v) is 4.17. The van der Waals surface area contributed by atoms with Crippen molar-refractivity contribution in [3.05, 3.63) is 33.3 Å². The molecule has 2 rings (SSSR count). The molecular weight excluding hydrogens is 315 g/mol. The van der Waals surface area contributed by atoms with Crippen molar-refractivity contribution in [2.24, 2.45) is 0 Å². The van der Waals surface area contributed by atoms with Gasteiger partial charge in [-0.3, -0.25) is 0 Å². The van der Waals surface area contributed by atoms with E-state index >= 15 is 0 Å².